The molecular weight excluding hydrogens is 168 g/mol. The molecule has 0 saturated heterocycles. The summed E-state index contributed by atoms with van der Waals surface area (Å²) in [5.41, 5.74) is 0.598. The molecule has 0 radical (unpaired) electrons. The fourth-order valence-electron chi connectivity index (χ4n) is 1.96. The van der Waals surface area contributed by atoms with Gasteiger partial charge in [-0.25, -0.2) is 4.79 Å². The lowest BCUT2D eigenvalue weighted by atomic mass is 9.96. The summed E-state index contributed by atoms with van der Waals surface area (Å²) < 4.78 is 1.66. The Kier molecular flexibility index (Phi) is 1.90. The number of aromatic nitrogens is 2. The zero-order valence-corrected chi connectivity index (χ0v) is 7.71. The fraction of sp³-hybridized carbons (Fsp3) is 0.667. The van der Waals surface area contributed by atoms with Gasteiger partial charge >= 0.3 is 5.69 Å². The van der Waals surface area contributed by atoms with E-state index in [2.05, 4.69) is 11.9 Å². The van der Waals surface area contributed by atoms with Gasteiger partial charge in [-0.2, -0.15) is 0 Å². The van der Waals surface area contributed by atoms with Crippen molar-refractivity contribution in [3.8, 4) is 5.88 Å². The van der Waals surface area contributed by atoms with Crippen molar-refractivity contribution in [2.24, 2.45) is 5.92 Å². The van der Waals surface area contributed by atoms with E-state index in [0.717, 1.165) is 31.5 Å². The Morgan fingerprint density at radius 2 is 2.46 bits per heavy atom. The van der Waals surface area contributed by atoms with Crippen LogP contribution in [0.1, 0.15) is 25.5 Å². The number of imidazole rings is 1. The van der Waals surface area contributed by atoms with Gasteiger partial charge in [0.1, 0.15) is 0 Å². The molecule has 1 aliphatic rings. The van der Waals surface area contributed by atoms with Crippen LogP contribution in [0.3, 0.4) is 0 Å². The van der Waals surface area contributed by atoms with Crippen LogP contribution in [-0.2, 0) is 13.0 Å². The maximum Gasteiger partial charge on any atom is 0.328 e. The van der Waals surface area contributed by atoms with Crippen LogP contribution in [0.5, 0.6) is 5.88 Å². The van der Waals surface area contributed by atoms with Gasteiger partial charge < -0.3 is 5.11 Å². The average Bonchev–Trinajstić information content (AvgIpc) is 2.42. The summed E-state index contributed by atoms with van der Waals surface area (Å²) in [4.78, 5) is 13.7. The number of hydrogen-bond acceptors (Lipinski definition) is 2. The van der Waals surface area contributed by atoms with Crippen LogP contribution in [-0.4, -0.2) is 14.7 Å². The summed E-state index contributed by atoms with van der Waals surface area (Å²) >= 11 is 0. The van der Waals surface area contributed by atoms with Crippen molar-refractivity contribution >= 4 is 0 Å². The van der Waals surface area contributed by atoms with Gasteiger partial charge in [0.2, 0.25) is 5.88 Å². The molecule has 1 aliphatic heterocycles. The van der Waals surface area contributed by atoms with Gasteiger partial charge in [0.15, 0.2) is 0 Å². The van der Waals surface area contributed by atoms with Gasteiger partial charge in [0.05, 0.1) is 5.69 Å². The van der Waals surface area contributed by atoms with Crippen LogP contribution in [0.2, 0.25) is 0 Å². The van der Waals surface area contributed by atoms with Crippen molar-refractivity contribution in [2.75, 3.05) is 0 Å². The van der Waals surface area contributed by atoms with E-state index in [1.165, 1.54) is 0 Å². The van der Waals surface area contributed by atoms with Crippen molar-refractivity contribution in [1.82, 2.24) is 9.55 Å². The quantitative estimate of drug-likeness (QED) is 0.676. The van der Waals surface area contributed by atoms with Crippen LogP contribution in [0.15, 0.2) is 4.79 Å². The first-order valence-corrected chi connectivity index (χ1v) is 4.73. The first kappa shape index (κ1) is 8.41. The van der Waals surface area contributed by atoms with E-state index in [-0.39, 0.29) is 11.6 Å². The Morgan fingerprint density at radius 1 is 1.69 bits per heavy atom. The molecule has 2 heterocycles. The van der Waals surface area contributed by atoms with Gasteiger partial charge in [0.25, 0.3) is 0 Å². The van der Waals surface area contributed by atoms with Crippen LogP contribution < -0.4 is 5.69 Å². The van der Waals surface area contributed by atoms with Crippen molar-refractivity contribution < 1.29 is 5.11 Å². The topological polar surface area (TPSA) is 58.0 Å². The Hall–Kier alpha value is -1.19. The van der Waals surface area contributed by atoms with E-state index in [9.17, 15) is 9.90 Å². The summed E-state index contributed by atoms with van der Waals surface area (Å²) in [5.74, 6) is 0.639. The van der Waals surface area contributed by atoms with Crippen LogP contribution in [0.4, 0.5) is 0 Å². The van der Waals surface area contributed by atoms with Crippen LogP contribution >= 0.6 is 0 Å². The summed E-state index contributed by atoms with van der Waals surface area (Å²) in [7, 11) is 0. The number of aromatic amines is 1. The van der Waals surface area contributed by atoms with Crippen molar-refractivity contribution in [3.05, 3.63) is 16.2 Å². The normalized spacial score (nSPS) is 21.5. The number of H-pyrrole nitrogens is 1. The predicted molar refractivity (Wildman–Crippen MR) is 48.8 cm³/mol. The monoisotopic (exact) mass is 182 g/mol. The third-order valence-corrected chi connectivity index (χ3v) is 2.88. The number of nitrogens with zero attached hydrogens (tertiary/aromatic N) is 1. The van der Waals surface area contributed by atoms with Crippen molar-refractivity contribution in [3.63, 3.8) is 0 Å². The van der Waals surface area contributed by atoms with Gasteiger partial charge in [0, 0.05) is 6.54 Å². The minimum atomic E-state index is -0.175. The minimum Gasteiger partial charge on any atom is -0.493 e. The second-order valence-corrected chi connectivity index (χ2v) is 3.65. The predicted octanol–water partition coefficient (Wildman–Crippen LogP) is 0.854. The van der Waals surface area contributed by atoms with E-state index >= 15 is 0 Å². The molecule has 1 unspecified atom stereocenters. The second-order valence-electron chi connectivity index (χ2n) is 3.65. The first-order valence-electron chi connectivity index (χ1n) is 4.73. The van der Waals surface area contributed by atoms with Crippen LogP contribution in [0.25, 0.3) is 0 Å². The largest absolute Gasteiger partial charge is 0.493 e. The first-order chi connectivity index (χ1) is 6.22. The molecule has 72 valence electrons. The average molecular weight is 182 g/mol. The van der Waals surface area contributed by atoms with E-state index < -0.39 is 0 Å². The number of hydrogen-bond donors (Lipinski definition) is 2. The van der Waals surface area contributed by atoms with E-state index in [4.69, 9.17) is 0 Å². The molecule has 4 heteroatoms. The lowest BCUT2D eigenvalue weighted by molar-refractivity contribution is 0.346. The maximum absolute atomic E-state index is 11.3. The molecule has 0 fully saturated rings. The molecule has 0 amide bonds. The molecule has 1 atom stereocenters. The molecule has 1 aromatic heterocycles. The highest BCUT2D eigenvalue weighted by atomic mass is 16.3. The number of aromatic hydroxyl groups is 1. The van der Waals surface area contributed by atoms with Gasteiger partial charge in [-0.15, -0.1) is 0 Å². The molecule has 1 aromatic rings. The fourth-order valence-corrected chi connectivity index (χ4v) is 1.96. The lowest BCUT2D eigenvalue weighted by Crippen LogP contribution is -2.27. The third-order valence-electron chi connectivity index (χ3n) is 2.88. The standard InChI is InChI=1S/C9H14N2O2/c1-2-6-3-4-7-8(12)10-9(13)11(7)5-6/h6,12H,2-5H2,1H3,(H,10,13). The molecule has 4 nitrogen and oxygen atoms in total. The molecule has 0 bridgehead atoms. The number of fused-ring (bicyclic) bond motifs is 1. The Balaban J connectivity index is 2.39. The van der Waals surface area contributed by atoms with E-state index in [1.54, 1.807) is 4.57 Å². The molecule has 2 rings (SSSR count). The Labute approximate surface area is 76.2 Å². The Morgan fingerprint density at radius 3 is 3.15 bits per heavy atom. The summed E-state index contributed by atoms with van der Waals surface area (Å²) in [5, 5.41) is 9.36. The molecule has 0 aromatic carbocycles. The van der Waals surface area contributed by atoms with Crippen molar-refractivity contribution in [2.45, 2.75) is 32.7 Å². The minimum absolute atomic E-state index is 0.0551. The smallest absolute Gasteiger partial charge is 0.328 e. The maximum atomic E-state index is 11.3. The molecule has 0 aliphatic carbocycles. The van der Waals surface area contributed by atoms with Gasteiger partial charge in [-0.05, 0) is 18.8 Å². The highest BCUT2D eigenvalue weighted by Crippen LogP contribution is 2.24. The zero-order valence-electron chi connectivity index (χ0n) is 7.71. The zero-order chi connectivity index (χ0) is 9.42. The van der Waals surface area contributed by atoms with Crippen LogP contribution in [0, 0.1) is 5.92 Å². The molecular formula is C9H14N2O2. The van der Waals surface area contributed by atoms with E-state index in [0.29, 0.717) is 5.92 Å². The lowest BCUT2D eigenvalue weighted by Gasteiger charge is -2.21. The highest BCUT2D eigenvalue weighted by molar-refractivity contribution is 5.19. The number of nitrogens with one attached hydrogen (secondary N) is 1. The van der Waals surface area contributed by atoms with Gasteiger partial charge in [-0.1, -0.05) is 13.3 Å². The van der Waals surface area contributed by atoms with E-state index in [1.807, 2.05) is 0 Å². The second kappa shape index (κ2) is 2.94. The summed E-state index contributed by atoms with van der Waals surface area (Å²) in [6.07, 6.45) is 2.97. The van der Waals surface area contributed by atoms with Gasteiger partial charge in [-0.3, -0.25) is 9.55 Å². The molecule has 13 heavy (non-hydrogen) atoms. The highest BCUT2D eigenvalue weighted by Gasteiger charge is 2.22. The third kappa shape index (κ3) is 1.26. The number of rotatable bonds is 1. The summed E-state index contributed by atoms with van der Waals surface area (Å²) in [6, 6.07) is 0. The molecule has 2 N–H and O–H groups in total. The molecule has 0 saturated carbocycles. The molecule has 0 spiro atoms. The van der Waals surface area contributed by atoms with Crippen molar-refractivity contribution in [1.29, 1.82) is 0 Å². The summed E-state index contributed by atoms with van der Waals surface area (Å²) in [6.45, 7) is 2.88. The Bertz CT molecular complexity index is 364. The SMILES string of the molecule is CCC1CCc2c(O)[nH]c(=O)n2C1.